The number of hydrogen-bond acceptors (Lipinski definition) is 5. The lowest BCUT2D eigenvalue weighted by Crippen LogP contribution is -2.07. The maximum Gasteiger partial charge on any atom is 0.242 e. The van der Waals surface area contributed by atoms with E-state index in [2.05, 4.69) is 20.8 Å². The molecule has 0 bridgehead atoms. The Morgan fingerprint density at radius 1 is 1.12 bits per heavy atom. The first-order valence-electron chi connectivity index (χ1n) is 7.24. The van der Waals surface area contributed by atoms with Crippen LogP contribution in [0.2, 0.25) is 10.0 Å². The van der Waals surface area contributed by atoms with Crippen molar-refractivity contribution in [3.63, 3.8) is 0 Å². The molecule has 0 amide bonds. The smallest absolute Gasteiger partial charge is 0.242 e. The van der Waals surface area contributed by atoms with Crippen molar-refractivity contribution >= 4 is 29.2 Å². The minimum atomic E-state index is 0.360. The number of rotatable bonds is 6. The number of tetrazole rings is 1. The van der Waals surface area contributed by atoms with Crippen molar-refractivity contribution in [2.75, 3.05) is 5.32 Å². The molecule has 0 saturated carbocycles. The number of benzene rings is 2. The second kappa shape index (κ2) is 7.51. The van der Waals surface area contributed by atoms with Crippen LogP contribution in [0.25, 0.3) is 0 Å². The summed E-state index contributed by atoms with van der Waals surface area (Å²) in [7, 11) is 1.77. The highest BCUT2D eigenvalue weighted by Crippen LogP contribution is 2.24. The van der Waals surface area contributed by atoms with Crippen LogP contribution in [0, 0.1) is 0 Å². The zero-order chi connectivity index (χ0) is 16.9. The summed E-state index contributed by atoms with van der Waals surface area (Å²) in [5, 5.41) is 15.6. The van der Waals surface area contributed by atoms with Crippen LogP contribution in [0.3, 0.4) is 0 Å². The molecule has 8 heteroatoms. The Balaban J connectivity index is 1.68. The summed E-state index contributed by atoms with van der Waals surface area (Å²) in [5.74, 6) is 1.36. The van der Waals surface area contributed by atoms with Gasteiger partial charge in [-0.25, -0.2) is 4.68 Å². The highest BCUT2D eigenvalue weighted by Gasteiger charge is 2.08. The Bertz CT molecular complexity index is 837. The van der Waals surface area contributed by atoms with E-state index in [1.165, 1.54) is 0 Å². The van der Waals surface area contributed by atoms with Crippen molar-refractivity contribution in [1.29, 1.82) is 0 Å². The van der Waals surface area contributed by atoms with Gasteiger partial charge in [-0.1, -0.05) is 52.6 Å². The third-order valence-corrected chi connectivity index (χ3v) is 4.01. The molecule has 0 radical (unpaired) electrons. The second-order valence-electron chi connectivity index (χ2n) is 5.11. The van der Waals surface area contributed by atoms with Gasteiger partial charge in [0.05, 0.1) is 0 Å². The molecule has 6 nitrogen and oxygen atoms in total. The van der Waals surface area contributed by atoms with Gasteiger partial charge in [0, 0.05) is 34.8 Å². The summed E-state index contributed by atoms with van der Waals surface area (Å²) in [5.41, 5.74) is 1.87. The number of nitrogens with one attached hydrogen (secondary N) is 1. The van der Waals surface area contributed by atoms with Gasteiger partial charge >= 0.3 is 0 Å². The maximum absolute atomic E-state index is 6.18. The molecule has 0 atom stereocenters. The number of hydrogen-bond donors (Lipinski definition) is 1. The zero-order valence-electron chi connectivity index (χ0n) is 12.9. The van der Waals surface area contributed by atoms with Gasteiger partial charge in [0.2, 0.25) is 5.95 Å². The molecule has 0 fully saturated rings. The summed E-state index contributed by atoms with van der Waals surface area (Å²) in [6, 6.07) is 13.1. The van der Waals surface area contributed by atoms with Gasteiger partial charge in [0.15, 0.2) is 0 Å². The van der Waals surface area contributed by atoms with E-state index in [0.29, 0.717) is 29.1 Å². The molecule has 1 heterocycles. The molecular weight excluding hydrogens is 349 g/mol. The molecule has 1 N–H and O–H groups in total. The molecule has 124 valence electrons. The summed E-state index contributed by atoms with van der Waals surface area (Å²) in [6.07, 6.45) is 0. The Labute approximate surface area is 149 Å². The van der Waals surface area contributed by atoms with Crippen LogP contribution >= 0.6 is 23.2 Å². The van der Waals surface area contributed by atoms with Crippen LogP contribution in [0.15, 0.2) is 42.5 Å². The van der Waals surface area contributed by atoms with Gasteiger partial charge in [0.1, 0.15) is 12.4 Å². The molecule has 24 heavy (non-hydrogen) atoms. The molecule has 3 rings (SSSR count). The van der Waals surface area contributed by atoms with Crippen LogP contribution in [-0.4, -0.2) is 20.2 Å². The zero-order valence-corrected chi connectivity index (χ0v) is 14.4. The highest BCUT2D eigenvalue weighted by atomic mass is 35.5. The normalized spacial score (nSPS) is 10.6. The van der Waals surface area contributed by atoms with Crippen LogP contribution in [0.5, 0.6) is 5.75 Å². The number of aromatic nitrogens is 4. The predicted octanol–water partition coefficient (Wildman–Crippen LogP) is 3.71. The Kier molecular flexibility index (Phi) is 5.17. The lowest BCUT2D eigenvalue weighted by atomic mass is 10.2. The SMILES string of the molecule is Cn1nnnc1NCc1ccccc1OCc1ccc(Cl)cc1Cl. The van der Waals surface area contributed by atoms with Crippen molar-refractivity contribution in [3.05, 3.63) is 63.6 Å². The van der Waals surface area contributed by atoms with Crippen molar-refractivity contribution in [1.82, 2.24) is 20.2 Å². The monoisotopic (exact) mass is 363 g/mol. The first-order valence-corrected chi connectivity index (χ1v) is 8.00. The number of halogens is 2. The van der Waals surface area contributed by atoms with Gasteiger partial charge in [-0.3, -0.25) is 0 Å². The van der Waals surface area contributed by atoms with Crippen LogP contribution in [0.1, 0.15) is 11.1 Å². The molecule has 1 aromatic heterocycles. The van der Waals surface area contributed by atoms with Gasteiger partial charge in [-0.2, -0.15) is 0 Å². The minimum Gasteiger partial charge on any atom is -0.488 e. The average molecular weight is 364 g/mol. The van der Waals surface area contributed by atoms with E-state index < -0.39 is 0 Å². The molecular formula is C16H15Cl2N5O. The van der Waals surface area contributed by atoms with Crippen LogP contribution in [0.4, 0.5) is 5.95 Å². The van der Waals surface area contributed by atoms with Crippen molar-refractivity contribution < 1.29 is 4.74 Å². The Hall–Kier alpha value is -2.31. The number of anilines is 1. The van der Waals surface area contributed by atoms with Crippen molar-refractivity contribution in [3.8, 4) is 5.75 Å². The van der Waals surface area contributed by atoms with Gasteiger partial charge in [-0.05, 0) is 28.6 Å². The largest absolute Gasteiger partial charge is 0.488 e. The molecule has 0 aliphatic carbocycles. The van der Waals surface area contributed by atoms with E-state index in [1.54, 1.807) is 23.9 Å². The van der Waals surface area contributed by atoms with E-state index in [-0.39, 0.29) is 0 Å². The first kappa shape index (κ1) is 16.5. The molecule has 0 spiro atoms. The fourth-order valence-electron chi connectivity index (χ4n) is 2.14. The summed E-state index contributed by atoms with van der Waals surface area (Å²) < 4.78 is 7.48. The maximum atomic E-state index is 6.18. The summed E-state index contributed by atoms with van der Waals surface area (Å²) in [4.78, 5) is 0. The molecule has 0 aliphatic rings. The van der Waals surface area contributed by atoms with E-state index in [0.717, 1.165) is 16.9 Å². The summed E-state index contributed by atoms with van der Waals surface area (Å²) >= 11 is 12.1. The van der Waals surface area contributed by atoms with Crippen molar-refractivity contribution in [2.45, 2.75) is 13.2 Å². The topological polar surface area (TPSA) is 64.9 Å². The molecule has 0 saturated heterocycles. The van der Waals surface area contributed by atoms with E-state index >= 15 is 0 Å². The molecule has 3 aromatic rings. The Morgan fingerprint density at radius 3 is 2.71 bits per heavy atom. The predicted molar refractivity (Wildman–Crippen MR) is 93.4 cm³/mol. The lowest BCUT2D eigenvalue weighted by molar-refractivity contribution is 0.303. The third kappa shape index (κ3) is 3.96. The van der Waals surface area contributed by atoms with Gasteiger partial charge in [-0.15, -0.1) is 0 Å². The standard InChI is InChI=1S/C16H15Cl2N5O/c1-23-16(20-21-22-23)19-9-11-4-2-3-5-15(11)24-10-12-6-7-13(17)8-14(12)18/h2-8H,9-10H2,1H3,(H,19,20,22). The van der Waals surface area contributed by atoms with E-state index in [1.807, 2.05) is 30.3 Å². The number of nitrogens with zero attached hydrogens (tertiary/aromatic N) is 4. The molecule has 2 aromatic carbocycles. The highest BCUT2D eigenvalue weighted by molar-refractivity contribution is 6.35. The number of aryl methyl sites for hydroxylation is 1. The fraction of sp³-hybridized carbons (Fsp3) is 0.188. The average Bonchev–Trinajstić information content (AvgIpc) is 2.98. The minimum absolute atomic E-state index is 0.360. The summed E-state index contributed by atoms with van der Waals surface area (Å²) in [6.45, 7) is 0.900. The van der Waals surface area contributed by atoms with E-state index in [9.17, 15) is 0 Å². The number of ether oxygens (including phenoxy) is 1. The Morgan fingerprint density at radius 2 is 1.96 bits per heavy atom. The van der Waals surface area contributed by atoms with Gasteiger partial charge in [0.25, 0.3) is 0 Å². The number of para-hydroxylation sites is 1. The van der Waals surface area contributed by atoms with Gasteiger partial charge < -0.3 is 10.1 Å². The fourth-order valence-corrected chi connectivity index (χ4v) is 2.60. The van der Waals surface area contributed by atoms with Crippen LogP contribution in [-0.2, 0) is 20.2 Å². The van der Waals surface area contributed by atoms with Crippen molar-refractivity contribution in [2.24, 2.45) is 7.05 Å². The lowest BCUT2D eigenvalue weighted by Gasteiger charge is -2.13. The second-order valence-corrected chi connectivity index (χ2v) is 5.96. The van der Waals surface area contributed by atoms with E-state index in [4.69, 9.17) is 27.9 Å². The first-order chi connectivity index (χ1) is 11.6. The quantitative estimate of drug-likeness (QED) is 0.722. The molecule has 0 aliphatic heterocycles. The van der Waals surface area contributed by atoms with Crippen LogP contribution < -0.4 is 10.1 Å². The third-order valence-electron chi connectivity index (χ3n) is 3.43. The molecule has 0 unspecified atom stereocenters.